The third kappa shape index (κ3) is 10.6. The molecule has 1 saturated heterocycles. The third-order valence-corrected chi connectivity index (χ3v) is 7.15. The van der Waals surface area contributed by atoms with Crippen LogP contribution in [0.3, 0.4) is 0 Å². The van der Waals surface area contributed by atoms with Gasteiger partial charge >= 0.3 is 0 Å². The van der Waals surface area contributed by atoms with Crippen molar-refractivity contribution in [2.24, 2.45) is 11.7 Å². The number of nitrogens with two attached hydrogens (primary N) is 1. The molecule has 2 N–H and O–H groups in total. The predicted octanol–water partition coefficient (Wildman–Crippen LogP) is 6.12. The SMILES string of the molecule is C=C(N)CCCCCN1CC(C)=C(/C=C\CC)C1=O.COc1ccc(CC(C)CN2CCCC2)cc1OC. The largest absolute Gasteiger partial charge is 0.493 e. The van der Waals surface area contributed by atoms with Crippen LogP contribution in [0.25, 0.3) is 0 Å². The highest BCUT2D eigenvalue weighted by Crippen LogP contribution is 2.28. The van der Waals surface area contributed by atoms with Crippen LogP contribution in [0.1, 0.15) is 71.3 Å². The van der Waals surface area contributed by atoms with E-state index in [1.165, 1.54) is 43.6 Å². The number of rotatable bonds is 14. The van der Waals surface area contributed by atoms with Crippen LogP contribution < -0.4 is 15.2 Å². The number of likely N-dealkylation sites (tertiary alicyclic amines) is 1. The summed E-state index contributed by atoms with van der Waals surface area (Å²) in [5, 5.41) is 0. The van der Waals surface area contributed by atoms with E-state index < -0.39 is 0 Å². The van der Waals surface area contributed by atoms with Gasteiger partial charge in [0.2, 0.25) is 0 Å². The number of ether oxygens (including phenoxy) is 2. The molecule has 0 bridgehead atoms. The van der Waals surface area contributed by atoms with Crippen molar-refractivity contribution >= 4 is 5.91 Å². The Kier molecular flexibility index (Phi) is 14.1. The summed E-state index contributed by atoms with van der Waals surface area (Å²) >= 11 is 0. The van der Waals surface area contributed by atoms with E-state index in [0.717, 1.165) is 74.4 Å². The fourth-order valence-electron chi connectivity index (χ4n) is 5.14. The van der Waals surface area contributed by atoms with Gasteiger partial charge in [-0.05, 0) is 94.1 Å². The molecular weight excluding hydrogens is 474 g/mol. The second kappa shape index (κ2) is 17.0. The molecule has 0 spiro atoms. The minimum atomic E-state index is 0.186. The van der Waals surface area contributed by atoms with Gasteiger partial charge in [-0.15, -0.1) is 0 Å². The minimum Gasteiger partial charge on any atom is -0.493 e. The lowest BCUT2D eigenvalue weighted by Crippen LogP contribution is -2.28. The first-order chi connectivity index (χ1) is 18.3. The maximum Gasteiger partial charge on any atom is 0.254 e. The predicted molar refractivity (Wildman–Crippen MR) is 159 cm³/mol. The molecule has 1 amide bonds. The Balaban J connectivity index is 0.000000267. The Morgan fingerprint density at radius 3 is 2.47 bits per heavy atom. The average Bonchev–Trinajstić information content (AvgIpc) is 3.49. The summed E-state index contributed by atoms with van der Waals surface area (Å²) in [7, 11) is 3.36. The molecule has 6 nitrogen and oxygen atoms in total. The topological polar surface area (TPSA) is 68.0 Å². The Bertz CT molecular complexity index is 947. The number of benzene rings is 1. The average molecular weight is 526 g/mol. The molecule has 2 heterocycles. The summed E-state index contributed by atoms with van der Waals surface area (Å²) in [6.45, 7) is 15.5. The molecular formula is C32H51N3O3. The summed E-state index contributed by atoms with van der Waals surface area (Å²) in [4.78, 5) is 16.7. The fraction of sp³-hybridized carbons (Fsp3) is 0.594. The van der Waals surface area contributed by atoms with Crippen LogP contribution in [-0.2, 0) is 11.2 Å². The Morgan fingerprint density at radius 1 is 1.13 bits per heavy atom. The lowest BCUT2D eigenvalue weighted by atomic mass is 10.0. The van der Waals surface area contributed by atoms with Crippen molar-refractivity contribution in [2.75, 3.05) is 46.9 Å². The molecule has 0 saturated carbocycles. The summed E-state index contributed by atoms with van der Waals surface area (Å²) in [6, 6.07) is 6.23. The van der Waals surface area contributed by atoms with Crippen molar-refractivity contribution in [1.82, 2.24) is 9.80 Å². The van der Waals surface area contributed by atoms with E-state index in [-0.39, 0.29) is 5.91 Å². The normalized spacial score (nSPS) is 16.7. The molecule has 2 aliphatic heterocycles. The van der Waals surface area contributed by atoms with E-state index in [9.17, 15) is 4.79 Å². The second-order valence-corrected chi connectivity index (χ2v) is 10.7. The van der Waals surface area contributed by atoms with E-state index in [1.54, 1.807) is 14.2 Å². The van der Waals surface area contributed by atoms with Gasteiger partial charge < -0.3 is 25.0 Å². The molecule has 1 atom stereocenters. The maximum atomic E-state index is 12.2. The van der Waals surface area contributed by atoms with Crippen LogP contribution in [0.2, 0.25) is 0 Å². The van der Waals surface area contributed by atoms with Gasteiger partial charge in [-0.25, -0.2) is 0 Å². The van der Waals surface area contributed by atoms with Crippen molar-refractivity contribution in [3.8, 4) is 11.5 Å². The number of nitrogens with zero attached hydrogens (tertiary/aromatic N) is 2. The zero-order chi connectivity index (χ0) is 27.9. The van der Waals surface area contributed by atoms with Gasteiger partial charge in [-0.1, -0.05) is 45.1 Å². The van der Waals surface area contributed by atoms with Crippen molar-refractivity contribution in [3.63, 3.8) is 0 Å². The van der Waals surface area contributed by atoms with E-state index >= 15 is 0 Å². The van der Waals surface area contributed by atoms with Gasteiger partial charge in [0, 0.05) is 30.9 Å². The monoisotopic (exact) mass is 525 g/mol. The zero-order valence-corrected chi connectivity index (χ0v) is 24.6. The van der Waals surface area contributed by atoms with Crippen molar-refractivity contribution in [1.29, 1.82) is 0 Å². The molecule has 1 unspecified atom stereocenters. The van der Waals surface area contributed by atoms with Crippen LogP contribution >= 0.6 is 0 Å². The first kappa shape index (κ1) is 31.5. The van der Waals surface area contributed by atoms with E-state index in [1.807, 2.05) is 30.0 Å². The number of carbonyl (C=O) groups is 1. The van der Waals surface area contributed by atoms with E-state index in [4.69, 9.17) is 15.2 Å². The molecule has 2 aliphatic rings. The molecule has 1 fully saturated rings. The fourth-order valence-corrected chi connectivity index (χ4v) is 5.14. The standard InChI is InChI=1S/C16H26N2O.C16H25NO2/c1-4-5-10-15-13(2)12-18(16(15)19)11-8-6-7-9-14(3)17;1-13(12-17-8-4-5-9-17)10-14-6-7-15(18-2)16(11-14)19-3/h5,10H,3-4,6-9,11-12,17H2,1-2H3;6-7,11,13H,4-5,8-10,12H2,1-3H3/b10-5-;. The Labute approximate surface area is 231 Å². The van der Waals surface area contributed by atoms with Crippen LogP contribution in [0.5, 0.6) is 11.5 Å². The number of allylic oxidation sites excluding steroid dienone is 2. The Hall–Kier alpha value is -2.73. The third-order valence-electron chi connectivity index (χ3n) is 7.15. The molecule has 0 aromatic heterocycles. The van der Waals surface area contributed by atoms with E-state index in [0.29, 0.717) is 5.92 Å². The van der Waals surface area contributed by atoms with E-state index in [2.05, 4.69) is 37.5 Å². The zero-order valence-electron chi connectivity index (χ0n) is 24.6. The molecule has 38 heavy (non-hydrogen) atoms. The molecule has 0 radical (unpaired) electrons. The molecule has 212 valence electrons. The van der Waals surface area contributed by atoms with Crippen molar-refractivity contribution < 1.29 is 14.3 Å². The van der Waals surface area contributed by atoms with Crippen molar-refractivity contribution in [3.05, 3.63) is 59.3 Å². The lowest BCUT2D eigenvalue weighted by Gasteiger charge is -2.20. The van der Waals surface area contributed by atoms with Gasteiger partial charge in [-0.3, -0.25) is 4.79 Å². The number of methoxy groups -OCH3 is 2. The van der Waals surface area contributed by atoms with Gasteiger partial charge in [0.1, 0.15) is 0 Å². The summed E-state index contributed by atoms with van der Waals surface area (Å²) < 4.78 is 10.6. The molecule has 0 aliphatic carbocycles. The van der Waals surface area contributed by atoms with Crippen molar-refractivity contribution in [2.45, 2.75) is 72.1 Å². The first-order valence-corrected chi connectivity index (χ1v) is 14.3. The van der Waals surface area contributed by atoms with Gasteiger partial charge in [0.25, 0.3) is 5.91 Å². The summed E-state index contributed by atoms with van der Waals surface area (Å²) in [5.41, 5.74) is 9.68. The first-order valence-electron chi connectivity index (χ1n) is 14.3. The smallest absolute Gasteiger partial charge is 0.254 e. The number of amides is 1. The molecule has 3 rings (SSSR count). The van der Waals surface area contributed by atoms with Crippen LogP contribution in [0, 0.1) is 5.92 Å². The highest BCUT2D eigenvalue weighted by atomic mass is 16.5. The minimum absolute atomic E-state index is 0.186. The molecule has 1 aromatic carbocycles. The van der Waals surface area contributed by atoms with Gasteiger partial charge in [0.05, 0.1) is 14.2 Å². The number of unbranched alkanes of at least 4 members (excludes halogenated alkanes) is 2. The molecule has 6 heteroatoms. The second-order valence-electron chi connectivity index (χ2n) is 10.7. The van der Waals surface area contributed by atoms with Gasteiger partial charge in [0.15, 0.2) is 11.5 Å². The summed E-state index contributed by atoms with van der Waals surface area (Å²) in [5.74, 6) is 2.49. The maximum absolute atomic E-state index is 12.2. The van der Waals surface area contributed by atoms with Crippen LogP contribution in [0.15, 0.2) is 53.8 Å². The molecule has 1 aromatic rings. The van der Waals surface area contributed by atoms with Gasteiger partial charge in [-0.2, -0.15) is 0 Å². The number of hydrogen-bond donors (Lipinski definition) is 1. The van der Waals surface area contributed by atoms with Crippen LogP contribution in [0.4, 0.5) is 0 Å². The highest BCUT2D eigenvalue weighted by Gasteiger charge is 2.25. The van der Waals surface area contributed by atoms with Crippen LogP contribution in [-0.4, -0.2) is 62.7 Å². The quantitative estimate of drug-likeness (QED) is 0.296. The number of carbonyl (C=O) groups excluding carboxylic acids is 1. The lowest BCUT2D eigenvalue weighted by molar-refractivity contribution is -0.125. The summed E-state index contributed by atoms with van der Waals surface area (Å²) in [6.07, 6.45) is 12.9. The highest BCUT2D eigenvalue weighted by molar-refractivity contribution is 5.99. The number of hydrogen-bond acceptors (Lipinski definition) is 5. The Morgan fingerprint density at radius 2 is 1.84 bits per heavy atom.